The molecule has 2 aromatic heterocycles. The number of rotatable bonds is 3. The Hall–Kier alpha value is -2.69. The Morgan fingerprint density at radius 2 is 2.15 bits per heavy atom. The van der Waals surface area contributed by atoms with Crippen molar-refractivity contribution < 1.29 is 4.52 Å². The van der Waals surface area contributed by atoms with Gasteiger partial charge in [-0.1, -0.05) is 12.1 Å². The lowest BCUT2D eigenvalue weighted by Crippen LogP contribution is -1.86. The summed E-state index contributed by atoms with van der Waals surface area (Å²) < 4.78 is 4.82. The maximum absolute atomic E-state index is 4.82. The normalized spacial score (nSPS) is 10.0. The predicted octanol–water partition coefficient (Wildman–Crippen LogP) is 3.53. The van der Waals surface area contributed by atoms with Gasteiger partial charge in [-0.3, -0.25) is 4.98 Å². The van der Waals surface area contributed by atoms with Gasteiger partial charge >= 0.3 is 0 Å². The SMILES string of the molecule is S=C=Nc1ccc(-c2cccnc2)c(-c2conn2)c1. The molecule has 0 saturated heterocycles. The Kier molecular flexibility index (Phi) is 3.41. The third-order valence-electron chi connectivity index (χ3n) is 2.79. The van der Waals surface area contributed by atoms with Gasteiger partial charge in [0, 0.05) is 28.8 Å². The molecule has 0 aliphatic rings. The van der Waals surface area contributed by atoms with Crippen LogP contribution in [0.1, 0.15) is 0 Å². The van der Waals surface area contributed by atoms with Crippen molar-refractivity contribution >= 4 is 23.1 Å². The topological polar surface area (TPSA) is 64.2 Å². The maximum atomic E-state index is 4.82. The number of hydrogen-bond acceptors (Lipinski definition) is 6. The number of pyridine rings is 1. The maximum Gasteiger partial charge on any atom is 0.152 e. The van der Waals surface area contributed by atoms with E-state index in [1.165, 1.54) is 6.26 Å². The van der Waals surface area contributed by atoms with Gasteiger partial charge in [0.05, 0.1) is 10.8 Å². The molecule has 2 heterocycles. The third kappa shape index (κ3) is 2.38. The highest BCUT2D eigenvalue weighted by molar-refractivity contribution is 7.78. The molecular weight excluding hydrogens is 272 g/mol. The first-order valence-electron chi connectivity index (χ1n) is 5.78. The summed E-state index contributed by atoms with van der Waals surface area (Å²) >= 11 is 4.63. The lowest BCUT2D eigenvalue weighted by Gasteiger charge is -2.07. The Bertz CT molecular complexity index is 765. The van der Waals surface area contributed by atoms with Gasteiger partial charge in [-0.2, -0.15) is 4.99 Å². The van der Waals surface area contributed by atoms with Crippen LogP contribution in [0.15, 0.2) is 58.5 Å². The fraction of sp³-hybridized carbons (Fsp3) is 0. The molecule has 0 radical (unpaired) electrons. The molecule has 0 atom stereocenters. The van der Waals surface area contributed by atoms with E-state index >= 15 is 0 Å². The van der Waals surface area contributed by atoms with E-state index in [4.69, 9.17) is 4.52 Å². The zero-order chi connectivity index (χ0) is 13.8. The van der Waals surface area contributed by atoms with Gasteiger partial charge in [-0.05, 0) is 36.0 Å². The fourth-order valence-electron chi connectivity index (χ4n) is 1.92. The summed E-state index contributed by atoms with van der Waals surface area (Å²) in [5, 5.41) is 9.80. The molecule has 3 aromatic rings. The summed E-state index contributed by atoms with van der Waals surface area (Å²) in [5.41, 5.74) is 4.13. The van der Waals surface area contributed by atoms with Crippen LogP contribution in [0.25, 0.3) is 22.4 Å². The van der Waals surface area contributed by atoms with Gasteiger partial charge in [-0.25, -0.2) is 0 Å². The van der Waals surface area contributed by atoms with E-state index in [1.54, 1.807) is 12.4 Å². The highest BCUT2D eigenvalue weighted by atomic mass is 32.1. The van der Waals surface area contributed by atoms with E-state index < -0.39 is 0 Å². The number of isothiocyanates is 1. The van der Waals surface area contributed by atoms with E-state index in [-0.39, 0.29) is 0 Å². The predicted molar refractivity (Wildman–Crippen MR) is 77.7 cm³/mol. The van der Waals surface area contributed by atoms with Crippen LogP contribution < -0.4 is 0 Å². The van der Waals surface area contributed by atoms with Crippen molar-refractivity contribution in [2.75, 3.05) is 0 Å². The number of hydrogen-bond donors (Lipinski definition) is 0. The van der Waals surface area contributed by atoms with E-state index in [0.29, 0.717) is 11.4 Å². The summed E-state index contributed by atoms with van der Waals surface area (Å²) in [7, 11) is 0. The smallest absolute Gasteiger partial charge is 0.152 e. The van der Waals surface area contributed by atoms with Crippen LogP contribution in [-0.4, -0.2) is 20.5 Å². The standard InChI is InChI=1S/C14H8N4OS/c20-9-16-11-3-4-12(10-2-1-5-15-7-10)13(6-11)14-8-19-18-17-14/h1-8H. The second-order valence-electron chi connectivity index (χ2n) is 3.96. The number of aliphatic imine (C=N–C) groups is 1. The van der Waals surface area contributed by atoms with Gasteiger partial charge in [0.15, 0.2) is 6.26 Å². The second kappa shape index (κ2) is 5.52. The van der Waals surface area contributed by atoms with Gasteiger partial charge in [0.25, 0.3) is 0 Å². The number of nitrogens with zero attached hydrogens (tertiary/aromatic N) is 4. The summed E-state index contributed by atoms with van der Waals surface area (Å²) in [4.78, 5) is 8.11. The summed E-state index contributed by atoms with van der Waals surface area (Å²) in [6, 6.07) is 9.51. The fourth-order valence-corrected chi connectivity index (χ4v) is 2.03. The minimum absolute atomic E-state index is 0.630. The summed E-state index contributed by atoms with van der Waals surface area (Å²) in [6.45, 7) is 0. The first-order chi connectivity index (χ1) is 9.88. The molecule has 1 aromatic carbocycles. The third-order valence-corrected chi connectivity index (χ3v) is 2.88. The highest BCUT2D eigenvalue weighted by Crippen LogP contribution is 2.33. The van der Waals surface area contributed by atoms with Gasteiger partial charge in [-0.15, -0.1) is 5.10 Å². The molecular formula is C14H8N4OS. The Balaban J connectivity index is 2.22. The highest BCUT2D eigenvalue weighted by Gasteiger charge is 2.11. The first kappa shape index (κ1) is 12.3. The average Bonchev–Trinajstić information content (AvgIpc) is 3.03. The van der Waals surface area contributed by atoms with Crippen molar-refractivity contribution in [2.45, 2.75) is 0 Å². The molecule has 0 bridgehead atoms. The van der Waals surface area contributed by atoms with Crippen molar-refractivity contribution in [3.05, 3.63) is 49.0 Å². The lowest BCUT2D eigenvalue weighted by molar-refractivity contribution is 0.393. The van der Waals surface area contributed by atoms with Crippen molar-refractivity contribution in [3.63, 3.8) is 0 Å². The monoisotopic (exact) mass is 280 g/mol. The molecule has 6 heteroatoms. The zero-order valence-electron chi connectivity index (χ0n) is 10.2. The van der Waals surface area contributed by atoms with Gasteiger partial charge in [0.1, 0.15) is 5.69 Å². The molecule has 5 nitrogen and oxygen atoms in total. The molecule has 0 aliphatic carbocycles. The molecule has 3 rings (SSSR count). The van der Waals surface area contributed by atoms with Crippen molar-refractivity contribution in [1.82, 2.24) is 15.4 Å². The zero-order valence-corrected chi connectivity index (χ0v) is 11.0. The Labute approximate surface area is 120 Å². The quantitative estimate of drug-likeness (QED) is 0.542. The second-order valence-corrected chi connectivity index (χ2v) is 4.15. The number of thiocarbonyl (C=S) groups is 1. The minimum atomic E-state index is 0.630. The van der Waals surface area contributed by atoms with E-state index in [2.05, 4.69) is 37.7 Å². The number of aromatic nitrogens is 3. The molecule has 20 heavy (non-hydrogen) atoms. The molecule has 0 fully saturated rings. The molecule has 0 amide bonds. The number of benzene rings is 1. The van der Waals surface area contributed by atoms with Crippen LogP contribution in [0.2, 0.25) is 0 Å². The van der Waals surface area contributed by atoms with E-state index in [9.17, 15) is 0 Å². The largest absolute Gasteiger partial charge is 0.345 e. The van der Waals surface area contributed by atoms with E-state index in [1.807, 2.05) is 30.3 Å². The van der Waals surface area contributed by atoms with Gasteiger partial charge < -0.3 is 4.52 Å². The summed E-state index contributed by atoms with van der Waals surface area (Å²) in [6.07, 6.45) is 5.00. The van der Waals surface area contributed by atoms with Crippen LogP contribution >= 0.6 is 12.2 Å². The van der Waals surface area contributed by atoms with E-state index in [0.717, 1.165) is 16.7 Å². The van der Waals surface area contributed by atoms with Crippen LogP contribution in [-0.2, 0) is 0 Å². The van der Waals surface area contributed by atoms with Crippen molar-refractivity contribution in [2.24, 2.45) is 4.99 Å². The minimum Gasteiger partial charge on any atom is -0.345 e. The van der Waals surface area contributed by atoms with Crippen molar-refractivity contribution in [1.29, 1.82) is 0 Å². The Morgan fingerprint density at radius 1 is 1.20 bits per heavy atom. The lowest BCUT2D eigenvalue weighted by atomic mass is 9.98. The molecule has 96 valence electrons. The van der Waals surface area contributed by atoms with Crippen LogP contribution in [0, 0.1) is 0 Å². The summed E-state index contributed by atoms with van der Waals surface area (Å²) in [5.74, 6) is 0. The van der Waals surface area contributed by atoms with Crippen LogP contribution in [0.4, 0.5) is 5.69 Å². The first-order valence-corrected chi connectivity index (χ1v) is 6.19. The van der Waals surface area contributed by atoms with Gasteiger partial charge in [0.2, 0.25) is 0 Å². The molecule has 0 unspecified atom stereocenters. The van der Waals surface area contributed by atoms with Crippen LogP contribution in [0.3, 0.4) is 0 Å². The average molecular weight is 280 g/mol. The van der Waals surface area contributed by atoms with Crippen LogP contribution in [0.5, 0.6) is 0 Å². The Morgan fingerprint density at radius 3 is 2.85 bits per heavy atom. The van der Waals surface area contributed by atoms with Crippen molar-refractivity contribution in [3.8, 4) is 22.4 Å². The molecule has 0 saturated carbocycles. The molecule has 0 N–H and O–H groups in total. The molecule has 0 spiro atoms. The molecule has 0 aliphatic heterocycles.